The summed E-state index contributed by atoms with van der Waals surface area (Å²) in [6.45, 7) is 6.13. The SMILES string of the molecule is CC(C)(C)OC(=O)N(Cc1ccc(Cl)nc1)C1CC=CCC1. The molecule has 1 aromatic heterocycles. The summed E-state index contributed by atoms with van der Waals surface area (Å²) in [5.74, 6) is 0. The standard InChI is InChI=1S/C17H23ClN2O2/c1-17(2,3)22-16(21)20(14-7-5-4-6-8-14)12-13-9-10-15(18)19-11-13/h4-5,9-11,14H,6-8,12H2,1-3H3. The highest BCUT2D eigenvalue weighted by Gasteiger charge is 2.28. The van der Waals surface area contributed by atoms with Gasteiger partial charge in [0.1, 0.15) is 10.8 Å². The van der Waals surface area contributed by atoms with Gasteiger partial charge in [-0.2, -0.15) is 0 Å². The number of hydrogen-bond acceptors (Lipinski definition) is 3. The lowest BCUT2D eigenvalue weighted by molar-refractivity contribution is 0.0129. The Hall–Kier alpha value is -1.55. The van der Waals surface area contributed by atoms with E-state index < -0.39 is 5.60 Å². The van der Waals surface area contributed by atoms with E-state index >= 15 is 0 Å². The molecule has 0 bridgehead atoms. The van der Waals surface area contributed by atoms with Crippen LogP contribution in [-0.4, -0.2) is 27.6 Å². The molecule has 2 rings (SSSR count). The highest BCUT2D eigenvalue weighted by molar-refractivity contribution is 6.29. The minimum Gasteiger partial charge on any atom is -0.444 e. The molecule has 1 atom stereocenters. The van der Waals surface area contributed by atoms with Gasteiger partial charge < -0.3 is 9.64 Å². The van der Waals surface area contributed by atoms with Gasteiger partial charge in [-0.15, -0.1) is 0 Å². The first-order valence-corrected chi connectivity index (χ1v) is 7.98. The van der Waals surface area contributed by atoms with Gasteiger partial charge in [-0.1, -0.05) is 29.8 Å². The normalized spacial score (nSPS) is 18.1. The Labute approximate surface area is 137 Å². The van der Waals surface area contributed by atoms with Crippen molar-refractivity contribution in [3.05, 3.63) is 41.2 Å². The van der Waals surface area contributed by atoms with Gasteiger partial charge in [0.15, 0.2) is 0 Å². The lowest BCUT2D eigenvalue weighted by Gasteiger charge is -2.34. The Morgan fingerprint density at radius 2 is 2.18 bits per heavy atom. The van der Waals surface area contributed by atoms with Crippen molar-refractivity contribution in [3.63, 3.8) is 0 Å². The maximum Gasteiger partial charge on any atom is 0.410 e. The molecule has 1 aliphatic rings. The third kappa shape index (κ3) is 5.02. The van der Waals surface area contributed by atoms with E-state index in [0.29, 0.717) is 11.7 Å². The first kappa shape index (κ1) is 16.8. The Kier molecular flexibility index (Phi) is 5.46. The second-order valence-electron chi connectivity index (χ2n) is 6.54. The Morgan fingerprint density at radius 1 is 1.41 bits per heavy atom. The van der Waals surface area contributed by atoms with Crippen molar-refractivity contribution in [2.75, 3.05) is 0 Å². The third-order valence-corrected chi connectivity index (χ3v) is 3.68. The van der Waals surface area contributed by atoms with Crippen LogP contribution >= 0.6 is 11.6 Å². The van der Waals surface area contributed by atoms with Crippen LogP contribution in [0, 0.1) is 0 Å². The predicted octanol–water partition coefficient (Wildman–Crippen LogP) is 4.58. The molecule has 22 heavy (non-hydrogen) atoms. The summed E-state index contributed by atoms with van der Waals surface area (Å²) in [5, 5.41) is 0.452. The van der Waals surface area contributed by atoms with Crippen LogP contribution in [0.2, 0.25) is 5.15 Å². The maximum atomic E-state index is 12.6. The van der Waals surface area contributed by atoms with Crippen LogP contribution in [0.3, 0.4) is 0 Å². The first-order chi connectivity index (χ1) is 10.3. The summed E-state index contributed by atoms with van der Waals surface area (Å²) < 4.78 is 5.57. The molecule has 0 aromatic carbocycles. The van der Waals surface area contributed by atoms with Crippen LogP contribution in [-0.2, 0) is 11.3 Å². The monoisotopic (exact) mass is 322 g/mol. The number of carbonyl (C=O) groups excluding carboxylic acids is 1. The van der Waals surface area contributed by atoms with Crippen molar-refractivity contribution >= 4 is 17.7 Å². The van der Waals surface area contributed by atoms with E-state index in [1.165, 1.54) is 0 Å². The molecule has 0 N–H and O–H groups in total. The molecule has 120 valence electrons. The van der Waals surface area contributed by atoms with Crippen molar-refractivity contribution in [2.24, 2.45) is 0 Å². The van der Waals surface area contributed by atoms with Crippen molar-refractivity contribution in [3.8, 4) is 0 Å². The predicted molar refractivity (Wildman–Crippen MR) is 87.8 cm³/mol. The van der Waals surface area contributed by atoms with Crippen molar-refractivity contribution < 1.29 is 9.53 Å². The van der Waals surface area contributed by atoms with E-state index in [9.17, 15) is 4.79 Å². The molecular weight excluding hydrogens is 300 g/mol. The van der Waals surface area contributed by atoms with Gasteiger partial charge in [0.05, 0.1) is 6.54 Å². The molecule has 0 saturated carbocycles. The molecular formula is C17H23ClN2O2. The number of rotatable bonds is 3. The van der Waals surface area contributed by atoms with Crippen molar-refractivity contribution in [1.29, 1.82) is 0 Å². The number of pyridine rings is 1. The quantitative estimate of drug-likeness (QED) is 0.604. The van der Waals surface area contributed by atoms with Crippen LogP contribution < -0.4 is 0 Å². The van der Waals surface area contributed by atoms with Gasteiger partial charge in [0.2, 0.25) is 0 Å². The molecule has 1 amide bonds. The molecule has 0 spiro atoms. The fraction of sp³-hybridized carbons (Fsp3) is 0.529. The fourth-order valence-electron chi connectivity index (χ4n) is 2.42. The molecule has 5 heteroatoms. The van der Waals surface area contributed by atoms with Gasteiger partial charge in [-0.05, 0) is 51.7 Å². The number of aromatic nitrogens is 1. The number of halogens is 1. The average molecular weight is 323 g/mol. The lowest BCUT2D eigenvalue weighted by Crippen LogP contribution is -2.43. The molecule has 0 aliphatic heterocycles. The fourth-order valence-corrected chi connectivity index (χ4v) is 2.53. The van der Waals surface area contributed by atoms with Gasteiger partial charge in [-0.25, -0.2) is 9.78 Å². The summed E-state index contributed by atoms with van der Waals surface area (Å²) in [4.78, 5) is 18.5. The number of carbonyl (C=O) groups is 1. The highest BCUT2D eigenvalue weighted by Crippen LogP contribution is 2.22. The Balaban J connectivity index is 2.15. The van der Waals surface area contributed by atoms with Crippen molar-refractivity contribution in [1.82, 2.24) is 9.88 Å². The summed E-state index contributed by atoms with van der Waals surface area (Å²) in [7, 11) is 0. The minimum atomic E-state index is -0.502. The van der Waals surface area contributed by atoms with E-state index in [1.807, 2.05) is 26.8 Å². The zero-order chi connectivity index (χ0) is 16.2. The second-order valence-corrected chi connectivity index (χ2v) is 6.92. The summed E-state index contributed by atoms with van der Waals surface area (Å²) >= 11 is 5.82. The third-order valence-electron chi connectivity index (χ3n) is 3.45. The van der Waals surface area contributed by atoms with Crippen LogP contribution in [0.15, 0.2) is 30.5 Å². The van der Waals surface area contributed by atoms with Crippen molar-refractivity contribution in [2.45, 2.75) is 58.2 Å². The number of ether oxygens (including phenoxy) is 1. The van der Waals surface area contributed by atoms with Gasteiger partial charge in [-0.3, -0.25) is 0 Å². The molecule has 1 aromatic rings. The minimum absolute atomic E-state index is 0.163. The maximum absolute atomic E-state index is 12.6. The van der Waals surface area contributed by atoms with Crippen LogP contribution in [0.4, 0.5) is 4.79 Å². The Morgan fingerprint density at radius 3 is 2.73 bits per heavy atom. The van der Waals surface area contributed by atoms with E-state index in [4.69, 9.17) is 16.3 Å². The number of hydrogen-bond donors (Lipinski definition) is 0. The van der Waals surface area contributed by atoms with Gasteiger partial charge >= 0.3 is 6.09 Å². The lowest BCUT2D eigenvalue weighted by atomic mass is 10.00. The van der Waals surface area contributed by atoms with E-state index in [2.05, 4.69) is 17.1 Å². The van der Waals surface area contributed by atoms with E-state index in [1.54, 1.807) is 17.2 Å². The number of nitrogens with zero attached hydrogens (tertiary/aromatic N) is 2. The summed E-state index contributed by atoms with van der Waals surface area (Å²) in [5.41, 5.74) is 0.447. The molecule has 0 radical (unpaired) electrons. The van der Waals surface area contributed by atoms with Crippen LogP contribution in [0.5, 0.6) is 0 Å². The number of allylic oxidation sites excluding steroid dienone is 1. The summed E-state index contributed by atoms with van der Waals surface area (Å²) in [6.07, 6.45) is 8.53. The average Bonchev–Trinajstić information content (AvgIpc) is 2.45. The first-order valence-electron chi connectivity index (χ1n) is 7.60. The van der Waals surface area contributed by atoms with Crippen LogP contribution in [0.1, 0.15) is 45.6 Å². The van der Waals surface area contributed by atoms with Gasteiger partial charge in [0.25, 0.3) is 0 Å². The topological polar surface area (TPSA) is 42.4 Å². The second kappa shape index (κ2) is 7.14. The van der Waals surface area contributed by atoms with Gasteiger partial charge in [0, 0.05) is 12.2 Å². The zero-order valence-corrected chi connectivity index (χ0v) is 14.1. The largest absolute Gasteiger partial charge is 0.444 e. The smallest absolute Gasteiger partial charge is 0.410 e. The summed E-state index contributed by atoms with van der Waals surface area (Å²) in [6, 6.07) is 3.80. The molecule has 1 aliphatic carbocycles. The van der Waals surface area contributed by atoms with E-state index in [0.717, 1.165) is 24.8 Å². The highest BCUT2D eigenvalue weighted by atomic mass is 35.5. The Bertz CT molecular complexity index is 535. The molecule has 1 unspecified atom stereocenters. The molecule has 1 heterocycles. The molecule has 0 saturated heterocycles. The number of amides is 1. The van der Waals surface area contributed by atoms with Crippen LogP contribution in [0.25, 0.3) is 0 Å². The zero-order valence-electron chi connectivity index (χ0n) is 13.4. The van der Waals surface area contributed by atoms with E-state index in [-0.39, 0.29) is 12.1 Å². The molecule has 4 nitrogen and oxygen atoms in total. The molecule has 0 fully saturated rings.